The van der Waals surface area contributed by atoms with Crippen molar-refractivity contribution < 1.29 is 24.2 Å². The molecule has 118 valence electrons. The van der Waals surface area contributed by atoms with E-state index in [9.17, 15) is 19.5 Å². The first-order chi connectivity index (χ1) is 9.86. The van der Waals surface area contributed by atoms with E-state index >= 15 is 0 Å². The molecule has 0 saturated carbocycles. The Hall–Kier alpha value is -1.34. The summed E-state index contributed by atoms with van der Waals surface area (Å²) in [5, 5.41) is 9.19. The zero-order chi connectivity index (χ0) is 16.0. The highest BCUT2D eigenvalue weighted by atomic mass is 32.2. The average Bonchev–Trinajstić information content (AvgIpc) is 2.85. The van der Waals surface area contributed by atoms with Gasteiger partial charge in [0.05, 0.1) is 12.7 Å². The van der Waals surface area contributed by atoms with Crippen molar-refractivity contribution in [3.63, 3.8) is 0 Å². The number of rotatable bonds is 7. The molecule has 1 aliphatic rings. The van der Waals surface area contributed by atoms with E-state index < -0.39 is 17.9 Å². The summed E-state index contributed by atoms with van der Waals surface area (Å²) in [5.41, 5.74) is 0. The first kappa shape index (κ1) is 17.7. The number of carboxylic acids is 1. The van der Waals surface area contributed by atoms with Crippen LogP contribution in [0.3, 0.4) is 0 Å². The molecule has 0 spiro atoms. The Labute approximate surface area is 128 Å². The molecule has 0 aromatic rings. The fraction of sp³-hybridized carbons (Fsp3) is 0.643. The fourth-order valence-corrected chi connectivity index (χ4v) is 2.82. The Bertz CT molecular complexity index is 426. The monoisotopic (exact) mass is 315 g/mol. The zero-order valence-corrected chi connectivity index (χ0v) is 13.1. The van der Waals surface area contributed by atoms with Gasteiger partial charge >= 0.3 is 5.97 Å². The molecule has 1 amide bonds. The third-order valence-corrected chi connectivity index (χ3v) is 4.31. The van der Waals surface area contributed by atoms with Gasteiger partial charge in [-0.05, 0) is 0 Å². The van der Waals surface area contributed by atoms with Crippen LogP contribution >= 0.6 is 11.8 Å². The number of carbonyl (C=O) groups excluding carboxylic acids is 2. The molecular formula is C14H21NO5S. The molecule has 0 aromatic heterocycles. The van der Waals surface area contributed by atoms with Crippen molar-refractivity contribution in [3.05, 3.63) is 12.7 Å². The van der Waals surface area contributed by atoms with Gasteiger partial charge in [-0.1, -0.05) is 24.8 Å². The van der Waals surface area contributed by atoms with E-state index in [1.807, 2.05) is 0 Å². The summed E-state index contributed by atoms with van der Waals surface area (Å²) in [6.45, 7) is 7.28. The number of carboxylic acid groups (broad SMARTS) is 1. The third kappa shape index (κ3) is 5.17. The Morgan fingerprint density at radius 1 is 1.52 bits per heavy atom. The van der Waals surface area contributed by atoms with Gasteiger partial charge < -0.3 is 14.7 Å². The summed E-state index contributed by atoms with van der Waals surface area (Å²) in [7, 11) is 0. The Kier molecular flexibility index (Phi) is 6.91. The number of amides is 1. The van der Waals surface area contributed by atoms with Crippen molar-refractivity contribution in [2.45, 2.75) is 32.4 Å². The Morgan fingerprint density at radius 2 is 2.19 bits per heavy atom. The highest BCUT2D eigenvalue weighted by molar-refractivity contribution is 8.13. The largest absolute Gasteiger partial charge is 0.480 e. The average molecular weight is 315 g/mol. The van der Waals surface area contributed by atoms with Crippen LogP contribution in [-0.4, -0.2) is 58.0 Å². The van der Waals surface area contributed by atoms with Crippen LogP contribution in [0.1, 0.15) is 20.3 Å². The van der Waals surface area contributed by atoms with Crippen LogP contribution in [0.2, 0.25) is 0 Å². The molecule has 0 bridgehead atoms. The number of likely N-dealkylation sites (tertiary alicyclic amines) is 1. The van der Waals surface area contributed by atoms with Crippen LogP contribution in [0.25, 0.3) is 0 Å². The summed E-state index contributed by atoms with van der Waals surface area (Å²) in [5.74, 6) is -1.32. The van der Waals surface area contributed by atoms with Gasteiger partial charge in [-0.2, -0.15) is 0 Å². The lowest BCUT2D eigenvalue weighted by Crippen LogP contribution is -2.43. The molecule has 3 atom stereocenters. The molecule has 0 aliphatic carbocycles. The van der Waals surface area contributed by atoms with E-state index in [4.69, 9.17) is 4.74 Å². The smallest absolute Gasteiger partial charge is 0.326 e. The minimum atomic E-state index is -1.03. The maximum atomic E-state index is 12.4. The molecule has 1 aliphatic heterocycles. The van der Waals surface area contributed by atoms with Gasteiger partial charge in [-0.15, -0.1) is 6.58 Å². The molecule has 0 radical (unpaired) electrons. The van der Waals surface area contributed by atoms with Crippen molar-refractivity contribution in [2.24, 2.45) is 5.92 Å². The lowest BCUT2D eigenvalue weighted by atomic mass is 10.1. The number of ether oxygens (including phenoxy) is 1. The fourth-order valence-electron chi connectivity index (χ4n) is 2.20. The normalized spacial score (nSPS) is 22.9. The summed E-state index contributed by atoms with van der Waals surface area (Å²) in [6.07, 6.45) is 1.58. The molecule has 1 fully saturated rings. The predicted octanol–water partition coefficient (Wildman–Crippen LogP) is 1.16. The zero-order valence-electron chi connectivity index (χ0n) is 12.3. The number of hydrogen-bond donors (Lipinski definition) is 1. The first-order valence-electron chi connectivity index (χ1n) is 6.76. The second kappa shape index (κ2) is 8.19. The molecule has 1 rings (SSSR count). The predicted molar refractivity (Wildman–Crippen MR) is 80.0 cm³/mol. The van der Waals surface area contributed by atoms with E-state index in [0.29, 0.717) is 12.4 Å². The van der Waals surface area contributed by atoms with Gasteiger partial charge in [-0.25, -0.2) is 4.79 Å². The highest BCUT2D eigenvalue weighted by Gasteiger charge is 2.41. The summed E-state index contributed by atoms with van der Waals surface area (Å²) in [6, 6.07) is -0.864. The van der Waals surface area contributed by atoms with Crippen molar-refractivity contribution >= 4 is 28.8 Å². The molecule has 21 heavy (non-hydrogen) atoms. The minimum absolute atomic E-state index is 0.0574. The van der Waals surface area contributed by atoms with Crippen molar-refractivity contribution in [2.75, 3.05) is 18.9 Å². The van der Waals surface area contributed by atoms with Gasteiger partial charge in [0.1, 0.15) is 6.04 Å². The van der Waals surface area contributed by atoms with E-state index in [1.165, 1.54) is 11.8 Å². The van der Waals surface area contributed by atoms with Crippen molar-refractivity contribution in [1.29, 1.82) is 0 Å². The number of thioether (sulfide) groups is 1. The topological polar surface area (TPSA) is 83.9 Å². The first-order valence-corrected chi connectivity index (χ1v) is 7.74. The van der Waals surface area contributed by atoms with Gasteiger partial charge in [0, 0.05) is 31.6 Å². The quantitative estimate of drug-likeness (QED) is 0.710. The second-order valence-electron chi connectivity index (χ2n) is 5.03. The number of hydrogen-bond acceptors (Lipinski definition) is 5. The molecule has 7 heteroatoms. The van der Waals surface area contributed by atoms with E-state index in [-0.39, 0.29) is 30.1 Å². The second-order valence-corrected chi connectivity index (χ2v) is 6.22. The SMILES string of the molecule is C=CCO[C@@H]1C[C@@H](C(=O)O)N(C(=O)C(C)CSC(C)=O)C1. The van der Waals surface area contributed by atoms with Gasteiger partial charge in [-0.3, -0.25) is 9.59 Å². The van der Waals surface area contributed by atoms with Gasteiger partial charge in [0.25, 0.3) is 0 Å². The highest BCUT2D eigenvalue weighted by Crippen LogP contribution is 2.24. The van der Waals surface area contributed by atoms with Crippen LogP contribution in [0.4, 0.5) is 0 Å². The van der Waals surface area contributed by atoms with E-state index in [0.717, 1.165) is 11.8 Å². The number of carbonyl (C=O) groups is 3. The lowest BCUT2D eigenvalue weighted by Gasteiger charge is -2.24. The number of aliphatic carboxylic acids is 1. The van der Waals surface area contributed by atoms with Crippen molar-refractivity contribution in [1.82, 2.24) is 4.90 Å². The molecular weight excluding hydrogens is 294 g/mol. The van der Waals surface area contributed by atoms with Crippen LogP contribution < -0.4 is 0 Å². The summed E-state index contributed by atoms with van der Waals surface area (Å²) >= 11 is 1.07. The van der Waals surface area contributed by atoms with E-state index in [1.54, 1.807) is 13.0 Å². The molecule has 1 unspecified atom stereocenters. The summed E-state index contributed by atoms with van der Waals surface area (Å²) < 4.78 is 5.46. The molecule has 1 heterocycles. The molecule has 6 nitrogen and oxygen atoms in total. The maximum absolute atomic E-state index is 12.4. The molecule has 1 N–H and O–H groups in total. The maximum Gasteiger partial charge on any atom is 0.326 e. The van der Waals surface area contributed by atoms with Gasteiger partial charge in [0.15, 0.2) is 5.12 Å². The van der Waals surface area contributed by atoms with Crippen LogP contribution in [-0.2, 0) is 19.1 Å². The Morgan fingerprint density at radius 3 is 2.71 bits per heavy atom. The third-order valence-electron chi connectivity index (χ3n) is 3.24. The standard InChI is InChI=1S/C14H21NO5S/c1-4-5-20-11-6-12(14(18)19)15(7-11)13(17)9(2)8-21-10(3)16/h4,9,11-12H,1,5-8H2,2-3H3,(H,18,19)/t9?,11-,12+/m1/s1. The number of nitrogens with zero attached hydrogens (tertiary/aromatic N) is 1. The van der Waals surface area contributed by atoms with Crippen LogP contribution in [0.5, 0.6) is 0 Å². The molecule has 0 aromatic carbocycles. The van der Waals surface area contributed by atoms with Crippen LogP contribution in [0.15, 0.2) is 12.7 Å². The molecule has 1 saturated heterocycles. The Balaban J connectivity index is 2.68. The van der Waals surface area contributed by atoms with Crippen LogP contribution in [0, 0.1) is 5.92 Å². The minimum Gasteiger partial charge on any atom is -0.480 e. The van der Waals surface area contributed by atoms with E-state index in [2.05, 4.69) is 6.58 Å². The van der Waals surface area contributed by atoms with Gasteiger partial charge in [0.2, 0.25) is 5.91 Å². The lowest BCUT2D eigenvalue weighted by molar-refractivity contribution is -0.149. The summed E-state index contributed by atoms with van der Waals surface area (Å²) in [4.78, 5) is 35.9. The van der Waals surface area contributed by atoms with Crippen molar-refractivity contribution in [3.8, 4) is 0 Å².